The highest BCUT2D eigenvalue weighted by Crippen LogP contribution is 2.40. The van der Waals surface area contributed by atoms with E-state index in [4.69, 9.17) is 4.74 Å². The molecule has 0 radical (unpaired) electrons. The minimum absolute atomic E-state index is 0. The fraction of sp³-hybridized carbons (Fsp3) is 0.611. The van der Waals surface area contributed by atoms with Crippen molar-refractivity contribution in [2.45, 2.75) is 44.1 Å². The van der Waals surface area contributed by atoms with Gasteiger partial charge in [0.05, 0.1) is 6.61 Å². The van der Waals surface area contributed by atoms with Crippen LogP contribution in [0.4, 0.5) is 4.39 Å². The van der Waals surface area contributed by atoms with Crippen molar-refractivity contribution in [2.75, 3.05) is 27.3 Å². The van der Waals surface area contributed by atoms with Gasteiger partial charge in [-0.05, 0) is 37.5 Å². The summed E-state index contributed by atoms with van der Waals surface area (Å²) in [6.07, 6.45) is 4.67. The van der Waals surface area contributed by atoms with Crippen molar-refractivity contribution in [2.24, 2.45) is 4.99 Å². The van der Waals surface area contributed by atoms with Gasteiger partial charge < -0.3 is 15.4 Å². The molecule has 1 saturated carbocycles. The van der Waals surface area contributed by atoms with E-state index in [0.717, 1.165) is 25.3 Å². The number of ether oxygens (including phenoxy) is 1. The second-order valence-electron chi connectivity index (χ2n) is 6.42. The molecule has 6 heteroatoms. The van der Waals surface area contributed by atoms with Gasteiger partial charge in [-0.2, -0.15) is 0 Å². The molecule has 0 aliphatic heterocycles. The van der Waals surface area contributed by atoms with E-state index >= 15 is 0 Å². The van der Waals surface area contributed by atoms with Gasteiger partial charge in [0, 0.05) is 32.2 Å². The fourth-order valence-corrected chi connectivity index (χ4v) is 3.40. The SMILES string of the molecule is CN=C(NCC1(c2ccc(F)cc2)CCCC1)NC(C)COC.I. The predicted octanol–water partition coefficient (Wildman–Crippen LogP) is 3.46. The van der Waals surface area contributed by atoms with Crippen molar-refractivity contribution < 1.29 is 9.13 Å². The second-order valence-corrected chi connectivity index (χ2v) is 6.42. The third-order valence-corrected chi connectivity index (χ3v) is 4.63. The van der Waals surface area contributed by atoms with Crippen molar-refractivity contribution in [1.29, 1.82) is 0 Å². The normalized spacial score (nSPS) is 17.9. The number of guanidine groups is 1. The molecule has 4 nitrogen and oxygen atoms in total. The van der Waals surface area contributed by atoms with Crippen LogP contribution in [0.2, 0.25) is 0 Å². The average Bonchev–Trinajstić information content (AvgIpc) is 3.02. The first-order valence-corrected chi connectivity index (χ1v) is 8.32. The summed E-state index contributed by atoms with van der Waals surface area (Å²) in [5.74, 6) is 0.601. The van der Waals surface area contributed by atoms with Gasteiger partial charge in [0.1, 0.15) is 5.82 Å². The molecule has 0 saturated heterocycles. The number of halogens is 2. The number of aliphatic imine (C=N–C) groups is 1. The van der Waals surface area contributed by atoms with Crippen molar-refractivity contribution in [3.63, 3.8) is 0 Å². The van der Waals surface area contributed by atoms with Gasteiger partial charge in [-0.15, -0.1) is 24.0 Å². The third-order valence-electron chi connectivity index (χ3n) is 4.63. The summed E-state index contributed by atoms with van der Waals surface area (Å²) in [7, 11) is 3.46. The van der Waals surface area contributed by atoms with Crippen LogP contribution in [0.15, 0.2) is 29.3 Å². The Labute approximate surface area is 161 Å². The van der Waals surface area contributed by atoms with E-state index in [1.165, 1.54) is 18.4 Å². The molecule has 136 valence electrons. The maximum Gasteiger partial charge on any atom is 0.191 e. The van der Waals surface area contributed by atoms with Gasteiger partial charge >= 0.3 is 0 Å². The maximum atomic E-state index is 13.2. The summed E-state index contributed by atoms with van der Waals surface area (Å²) < 4.78 is 18.4. The van der Waals surface area contributed by atoms with E-state index < -0.39 is 0 Å². The summed E-state index contributed by atoms with van der Waals surface area (Å²) in [6, 6.07) is 7.15. The fourth-order valence-electron chi connectivity index (χ4n) is 3.40. The van der Waals surface area contributed by atoms with Crippen LogP contribution in [0.5, 0.6) is 0 Å². The molecule has 24 heavy (non-hydrogen) atoms. The minimum Gasteiger partial charge on any atom is -0.383 e. The molecule has 0 bridgehead atoms. The zero-order valence-corrected chi connectivity index (χ0v) is 17.1. The molecule has 2 N–H and O–H groups in total. The number of nitrogens with one attached hydrogen (secondary N) is 2. The van der Waals surface area contributed by atoms with Crippen molar-refractivity contribution >= 4 is 29.9 Å². The Kier molecular flexibility index (Phi) is 8.97. The van der Waals surface area contributed by atoms with Crippen molar-refractivity contribution in [1.82, 2.24) is 10.6 Å². The van der Waals surface area contributed by atoms with Crippen molar-refractivity contribution in [3.05, 3.63) is 35.6 Å². The highest BCUT2D eigenvalue weighted by molar-refractivity contribution is 14.0. The lowest BCUT2D eigenvalue weighted by atomic mass is 9.79. The van der Waals surface area contributed by atoms with E-state index in [-0.39, 0.29) is 41.3 Å². The molecule has 0 aromatic heterocycles. The first-order valence-electron chi connectivity index (χ1n) is 8.32. The van der Waals surface area contributed by atoms with E-state index in [1.54, 1.807) is 26.3 Å². The zero-order chi connectivity index (χ0) is 16.7. The van der Waals surface area contributed by atoms with Gasteiger partial charge in [-0.25, -0.2) is 4.39 Å². The number of benzene rings is 1. The van der Waals surface area contributed by atoms with Crippen LogP contribution in [0.25, 0.3) is 0 Å². The zero-order valence-electron chi connectivity index (χ0n) is 14.8. The molecule has 1 fully saturated rings. The van der Waals surface area contributed by atoms with E-state index in [0.29, 0.717) is 6.61 Å². The van der Waals surface area contributed by atoms with Gasteiger partial charge in [0.2, 0.25) is 0 Å². The standard InChI is InChI=1S/C18H28FN3O.HI/c1-14(12-23-3)22-17(20-2)21-13-18(10-4-5-11-18)15-6-8-16(19)9-7-15;/h6-9,14H,4-5,10-13H2,1-3H3,(H2,20,21,22);1H. The number of hydrogen-bond acceptors (Lipinski definition) is 2. The number of hydrogen-bond donors (Lipinski definition) is 2. The molecule has 1 aromatic rings. The lowest BCUT2D eigenvalue weighted by Gasteiger charge is -2.31. The lowest BCUT2D eigenvalue weighted by molar-refractivity contribution is 0.179. The molecular formula is C18H29FIN3O. The van der Waals surface area contributed by atoms with Crippen molar-refractivity contribution in [3.8, 4) is 0 Å². The smallest absolute Gasteiger partial charge is 0.191 e. The summed E-state index contributed by atoms with van der Waals surface area (Å²) in [5.41, 5.74) is 1.28. The molecule has 2 rings (SSSR count). The Morgan fingerprint density at radius 1 is 1.29 bits per heavy atom. The monoisotopic (exact) mass is 449 g/mol. The largest absolute Gasteiger partial charge is 0.383 e. The molecule has 1 aliphatic carbocycles. The quantitative estimate of drug-likeness (QED) is 0.397. The number of nitrogens with zero attached hydrogens (tertiary/aromatic N) is 1. The van der Waals surface area contributed by atoms with Crippen LogP contribution < -0.4 is 10.6 Å². The van der Waals surface area contributed by atoms with Gasteiger partial charge in [0.25, 0.3) is 0 Å². The Morgan fingerprint density at radius 2 is 1.92 bits per heavy atom. The van der Waals surface area contributed by atoms with Crippen LogP contribution in [-0.2, 0) is 10.2 Å². The third kappa shape index (κ3) is 5.58. The summed E-state index contributed by atoms with van der Waals surface area (Å²) in [6.45, 7) is 3.49. The molecule has 0 heterocycles. The molecule has 0 spiro atoms. The first kappa shape index (κ1) is 21.2. The van der Waals surface area contributed by atoms with Crippen LogP contribution >= 0.6 is 24.0 Å². The van der Waals surface area contributed by atoms with E-state index in [9.17, 15) is 4.39 Å². The lowest BCUT2D eigenvalue weighted by Crippen LogP contribution is -2.48. The first-order chi connectivity index (χ1) is 11.1. The number of rotatable bonds is 6. The van der Waals surface area contributed by atoms with Crippen LogP contribution in [-0.4, -0.2) is 39.3 Å². The Balaban J connectivity index is 0.00000288. The number of methoxy groups -OCH3 is 1. The molecule has 1 aliphatic rings. The molecular weight excluding hydrogens is 420 g/mol. The van der Waals surface area contributed by atoms with Crippen LogP contribution in [0, 0.1) is 5.82 Å². The summed E-state index contributed by atoms with van der Waals surface area (Å²) in [4.78, 5) is 4.29. The van der Waals surface area contributed by atoms with Crippen LogP contribution in [0.1, 0.15) is 38.2 Å². The van der Waals surface area contributed by atoms with E-state index in [2.05, 4.69) is 22.5 Å². The Morgan fingerprint density at radius 3 is 2.46 bits per heavy atom. The molecule has 1 unspecified atom stereocenters. The van der Waals surface area contributed by atoms with Gasteiger partial charge in [0.15, 0.2) is 5.96 Å². The Hall–Kier alpha value is -0.890. The molecule has 1 atom stereocenters. The average molecular weight is 449 g/mol. The van der Waals surface area contributed by atoms with E-state index in [1.807, 2.05) is 12.1 Å². The summed E-state index contributed by atoms with van der Waals surface area (Å²) in [5, 5.41) is 6.77. The topological polar surface area (TPSA) is 45.7 Å². The predicted molar refractivity (Wildman–Crippen MR) is 108 cm³/mol. The maximum absolute atomic E-state index is 13.2. The minimum atomic E-state index is -0.180. The summed E-state index contributed by atoms with van der Waals surface area (Å²) >= 11 is 0. The molecule has 0 amide bonds. The highest BCUT2D eigenvalue weighted by Gasteiger charge is 2.35. The second kappa shape index (κ2) is 10.2. The molecule has 1 aromatic carbocycles. The highest BCUT2D eigenvalue weighted by atomic mass is 127. The van der Waals surface area contributed by atoms with Gasteiger partial charge in [-0.3, -0.25) is 4.99 Å². The Bertz CT molecular complexity index is 516. The van der Waals surface area contributed by atoms with Gasteiger partial charge in [-0.1, -0.05) is 25.0 Å². The van der Waals surface area contributed by atoms with Crippen LogP contribution in [0.3, 0.4) is 0 Å².